The van der Waals surface area contributed by atoms with Crippen LogP contribution in [0, 0.1) is 0 Å². The number of hydrogen-bond donors (Lipinski definition) is 1. The van der Waals surface area contributed by atoms with Crippen LogP contribution >= 0.6 is 11.3 Å². The number of hydrogen-bond acceptors (Lipinski definition) is 7. The van der Waals surface area contributed by atoms with Gasteiger partial charge in [0.25, 0.3) is 5.91 Å². The molecule has 0 aliphatic carbocycles. The van der Waals surface area contributed by atoms with E-state index in [2.05, 4.69) is 10.2 Å². The Morgan fingerprint density at radius 1 is 1.19 bits per heavy atom. The Balaban J connectivity index is 1.35. The molecule has 0 spiro atoms. The highest BCUT2D eigenvalue weighted by atomic mass is 32.2. The topological polar surface area (TPSA) is 91.8 Å². The number of nitrogens with zero attached hydrogens (tertiary/aromatic N) is 3. The number of anilines is 3. The predicted molar refractivity (Wildman–Crippen MR) is 128 cm³/mol. The Morgan fingerprint density at radius 3 is 2.72 bits per heavy atom. The molecule has 1 amide bonds. The van der Waals surface area contributed by atoms with Crippen molar-refractivity contribution in [3.63, 3.8) is 0 Å². The minimum Gasteiger partial charge on any atom is -0.378 e. The number of ether oxygens (including phenoxy) is 1. The Hall–Kier alpha value is -2.69. The first-order valence-corrected chi connectivity index (χ1v) is 13.1. The SMILES string of the molecule is C[C@@H]1Cc2cc(C(=O)Nc3ccc4nc(N5CCOCC5)sc4c3)ccc2N1S(C)(=O)=O. The van der Waals surface area contributed by atoms with Gasteiger partial charge in [0.05, 0.1) is 35.4 Å². The van der Waals surface area contributed by atoms with Crippen molar-refractivity contribution in [2.75, 3.05) is 47.1 Å². The molecule has 2 aromatic carbocycles. The van der Waals surface area contributed by atoms with E-state index in [1.165, 1.54) is 10.6 Å². The fourth-order valence-electron chi connectivity index (χ4n) is 4.33. The Kier molecular flexibility index (Phi) is 5.31. The third kappa shape index (κ3) is 3.94. The van der Waals surface area contributed by atoms with Crippen LogP contribution in [0.25, 0.3) is 10.2 Å². The van der Waals surface area contributed by atoms with E-state index in [4.69, 9.17) is 9.72 Å². The molecule has 3 heterocycles. The second-order valence-electron chi connectivity index (χ2n) is 8.19. The van der Waals surface area contributed by atoms with Crippen LogP contribution in [0.3, 0.4) is 0 Å². The molecule has 1 saturated heterocycles. The van der Waals surface area contributed by atoms with Crippen molar-refractivity contribution in [3.8, 4) is 0 Å². The molecule has 0 bridgehead atoms. The lowest BCUT2D eigenvalue weighted by molar-refractivity contribution is 0.102. The summed E-state index contributed by atoms with van der Waals surface area (Å²) in [6.45, 7) is 4.95. The van der Waals surface area contributed by atoms with Gasteiger partial charge in [0.15, 0.2) is 5.13 Å². The Morgan fingerprint density at radius 2 is 1.97 bits per heavy atom. The normalized spacial score (nSPS) is 18.8. The quantitative estimate of drug-likeness (QED) is 0.627. The lowest BCUT2D eigenvalue weighted by Gasteiger charge is -2.25. The Bertz CT molecular complexity index is 1300. The molecule has 0 radical (unpaired) electrons. The van der Waals surface area contributed by atoms with Gasteiger partial charge in [-0.2, -0.15) is 0 Å². The number of sulfonamides is 1. The van der Waals surface area contributed by atoms with Crippen LogP contribution in [0.5, 0.6) is 0 Å². The van der Waals surface area contributed by atoms with Gasteiger partial charge in [-0.3, -0.25) is 9.10 Å². The molecule has 1 N–H and O–H groups in total. The summed E-state index contributed by atoms with van der Waals surface area (Å²) in [6.07, 6.45) is 1.79. The van der Waals surface area contributed by atoms with Gasteiger partial charge in [0.1, 0.15) is 0 Å². The summed E-state index contributed by atoms with van der Waals surface area (Å²) in [4.78, 5) is 19.8. The number of fused-ring (bicyclic) bond motifs is 2. The van der Waals surface area contributed by atoms with Crippen molar-refractivity contribution >= 4 is 54.0 Å². The Labute approximate surface area is 190 Å². The number of morpholine rings is 1. The van der Waals surface area contributed by atoms with E-state index in [0.717, 1.165) is 34.0 Å². The molecule has 3 aromatic rings. The maximum absolute atomic E-state index is 12.9. The maximum Gasteiger partial charge on any atom is 0.255 e. The van der Waals surface area contributed by atoms with Crippen LogP contribution in [-0.4, -0.2) is 57.9 Å². The minimum atomic E-state index is -3.36. The molecule has 168 valence electrons. The average Bonchev–Trinajstić information content (AvgIpc) is 3.33. The van der Waals surface area contributed by atoms with Crippen molar-refractivity contribution in [1.82, 2.24) is 4.98 Å². The highest BCUT2D eigenvalue weighted by Crippen LogP contribution is 2.35. The predicted octanol–water partition coefficient (Wildman–Crippen LogP) is 3.10. The fraction of sp³-hybridized carbons (Fsp3) is 0.364. The molecule has 1 fully saturated rings. The zero-order valence-electron chi connectivity index (χ0n) is 17.9. The number of rotatable bonds is 4. The summed E-state index contributed by atoms with van der Waals surface area (Å²) in [5.41, 5.74) is 3.62. The lowest BCUT2D eigenvalue weighted by Crippen LogP contribution is -2.36. The van der Waals surface area contributed by atoms with Crippen molar-refractivity contribution in [1.29, 1.82) is 0 Å². The van der Waals surface area contributed by atoms with Crippen molar-refractivity contribution in [2.24, 2.45) is 0 Å². The number of carbonyl (C=O) groups excluding carboxylic acids is 1. The zero-order chi connectivity index (χ0) is 22.5. The molecule has 1 atom stereocenters. The number of nitrogens with one attached hydrogen (secondary N) is 1. The fourth-order valence-corrected chi connectivity index (χ4v) is 6.65. The van der Waals surface area contributed by atoms with Gasteiger partial charge in [-0.05, 0) is 55.3 Å². The first kappa shape index (κ1) is 21.2. The highest BCUT2D eigenvalue weighted by Gasteiger charge is 2.32. The first-order chi connectivity index (χ1) is 15.3. The molecule has 10 heteroatoms. The molecule has 2 aliphatic heterocycles. The standard InChI is InChI=1S/C22H24N4O4S2/c1-14-11-16-12-15(3-6-19(16)26(14)32(2,28)29)21(27)23-17-4-5-18-20(13-17)31-22(24-18)25-7-9-30-10-8-25/h3-6,12-14H,7-11H2,1-2H3,(H,23,27)/t14-/m1/s1. The number of benzene rings is 2. The summed E-state index contributed by atoms with van der Waals surface area (Å²) in [6, 6.07) is 10.7. The minimum absolute atomic E-state index is 0.160. The number of thiazole rings is 1. The molecule has 0 saturated carbocycles. The zero-order valence-corrected chi connectivity index (χ0v) is 19.5. The van der Waals surface area contributed by atoms with Crippen LogP contribution in [-0.2, 0) is 21.2 Å². The van der Waals surface area contributed by atoms with Gasteiger partial charge in [0.2, 0.25) is 10.0 Å². The van der Waals surface area contributed by atoms with Crippen LogP contribution in [0.2, 0.25) is 0 Å². The van der Waals surface area contributed by atoms with Crippen LogP contribution in [0.1, 0.15) is 22.8 Å². The summed E-state index contributed by atoms with van der Waals surface area (Å²) in [5, 5.41) is 3.93. The van der Waals surface area contributed by atoms with Gasteiger partial charge in [-0.25, -0.2) is 13.4 Å². The third-order valence-electron chi connectivity index (χ3n) is 5.77. The van der Waals surface area contributed by atoms with Crippen molar-refractivity contribution in [3.05, 3.63) is 47.5 Å². The van der Waals surface area contributed by atoms with E-state index >= 15 is 0 Å². The summed E-state index contributed by atoms with van der Waals surface area (Å²) in [7, 11) is -3.36. The lowest BCUT2D eigenvalue weighted by atomic mass is 10.1. The second kappa shape index (κ2) is 8.02. The van der Waals surface area contributed by atoms with E-state index in [1.807, 2.05) is 25.1 Å². The van der Waals surface area contributed by atoms with Crippen LogP contribution in [0.15, 0.2) is 36.4 Å². The molecule has 1 aromatic heterocycles. The average molecular weight is 473 g/mol. The van der Waals surface area contributed by atoms with E-state index in [0.29, 0.717) is 36.6 Å². The highest BCUT2D eigenvalue weighted by molar-refractivity contribution is 7.92. The molecular weight excluding hydrogens is 448 g/mol. The smallest absolute Gasteiger partial charge is 0.255 e. The van der Waals surface area contributed by atoms with Crippen molar-refractivity contribution in [2.45, 2.75) is 19.4 Å². The van der Waals surface area contributed by atoms with E-state index in [1.54, 1.807) is 29.5 Å². The number of carbonyl (C=O) groups is 1. The number of amides is 1. The molecule has 32 heavy (non-hydrogen) atoms. The van der Waals surface area contributed by atoms with Gasteiger partial charge < -0.3 is 15.0 Å². The van der Waals surface area contributed by atoms with Gasteiger partial charge >= 0.3 is 0 Å². The van der Waals surface area contributed by atoms with Gasteiger partial charge in [-0.15, -0.1) is 0 Å². The van der Waals surface area contributed by atoms with Crippen LogP contribution in [0.4, 0.5) is 16.5 Å². The van der Waals surface area contributed by atoms with E-state index in [-0.39, 0.29) is 11.9 Å². The molecule has 0 unspecified atom stereocenters. The van der Waals surface area contributed by atoms with E-state index < -0.39 is 10.0 Å². The second-order valence-corrected chi connectivity index (χ2v) is 11.1. The summed E-state index contributed by atoms with van der Waals surface area (Å²) >= 11 is 1.61. The van der Waals surface area contributed by atoms with Crippen LogP contribution < -0.4 is 14.5 Å². The largest absolute Gasteiger partial charge is 0.378 e. The molecule has 5 rings (SSSR count). The van der Waals surface area contributed by atoms with E-state index in [9.17, 15) is 13.2 Å². The third-order valence-corrected chi connectivity index (χ3v) is 8.12. The summed E-state index contributed by atoms with van der Waals surface area (Å²) in [5.74, 6) is -0.226. The van der Waals surface area contributed by atoms with Gasteiger partial charge in [-0.1, -0.05) is 11.3 Å². The monoisotopic (exact) mass is 472 g/mol. The molecule has 8 nitrogen and oxygen atoms in total. The maximum atomic E-state index is 12.9. The molecule has 2 aliphatic rings. The number of aromatic nitrogens is 1. The first-order valence-electron chi connectivity index (χ1n) is 10.5. The molecular formula is C22H24N4O4S2. The summed E-state index contributed by atoms with van der Waals surface area (Å²) < 4.78 is 32.1. The van der Waals surface area contributed by atoms with Crippen molar-refractivity contribution < 1.29 is 17.9 Å². The van der Waals surface area contributed by atoms with Gasteiger partial charge in [0, 0.05) is 30.4 Å².